The van der Waals surface area contributed by atoms with E-state index in [1.165, 1.54) is 12.4 Å². The lowest BCUT2D eigenvalue weighted by atomic mass is 10.0. The highest BCUT2D eigenvalue weighted by Gasteiger charge is 2.15. The number of hydrogen-bond donors (Lipinski definition) is 2. The molecule has 7 heteroatoms. The summed E-state index contributed by atoms with van der Waals surface area (Å²) in [6.07, 6.45) is 2.27. The van der Waals surface area contributed by atoms with Crippen LogP contribution in [0.15, 0.2) is 59.8 Å². The van der Waals surface area contributed by atoms with Crippen molar-refractivity contribution < 1.29 is 8.42 Å². The summed E-state index contributed by atoms with van der Waals surface area (Å²) in [6, 6.07) is 14.3. The molecule has 0 spiro atoms. The number of sulfonamides is 1. The fourth-order valence-electron chi connectivity index (χ4n) is 2.61. The van der Waals surface area contributed by atoms with E-state index in [0.717, 1.165) is 22.9 Å². The van der Waals surface area contributed by atoms with Crippen LogP contribution in [0.25, 0.3) is 10.9 Å². The molecule has 0 saturated heterocycles. The van der Waals surface area contributed by atoms with Gasteiger partial charge in [0.2, 0.25) is 10.0 Å². The van der Waals surface area contributed by atoms with E-state index in [-0.39, 0.29) is 10.9 Å². The Morgan fingerprint density at radius 2 is 1.92 bits per heavy atom. The van der Waals surface area contributed by atoms with E-state index in [9.17, 15) is 8.42 Å². The molecule has 0 aliphatic heterocycles. The topological polar surface area (TPSA) is 98.0 Å². The smallest absolute Gasteiger partial charge is 0.238 e. The van der Waals surface area contributed by atoms with Crippen LogP contribution in [0.3, 0.4) is 0 Å². The number of nitrogens with zero attached hydrogens (tertiary/aromatic N) is 2. The number of anilines is 1. The average Bonchev–Trinajstić information content (AvgIpc) is 2.59. The maximum atomic E-state index is 11.6. The molecule has 1 atom stereocenters. The first-order valence-corrected chi connectivity index (χ1v) is 9.12. The first kappa shape index (κ1) is 16.4. The van der Waals surface area contributed by atoms with Gasteiger partial charge in [-0.05, 0) is 36.2 Å². The summed E-state index contributed by atoms with van der Waals surface area (Å²) in [5.74, 6) is 0.716. The van der Waals surface area contributed by atoms with Gasteiger partial charge in [-0.2, -0.15) is 0 Å². The van der Waals surface area contributed by atoms with Crippen LogP contribution in [0, 0.1) is 0 Å². The highest BCUT2D eigenvalue weighted by atomic mass is 32.2. The van der Waals surface area contributed by atoms with Crippen LogP contribution in [0.4, 0.5) is 5.82 Å². The molecule has 0 bridgehead atoms. The predicted molar refractivity (Wildman–Crippen MR) is 94.0 cm³/mol. The quantitative estimate of drug-likeness (QED) is 0.743. The Balaban J connectivity index is 1.98. The van der Waals surface area contributed by atoms with Gasteiger partial charge in [0.05, 0.1) is 16.5 Å². The van der Waals surface area contributed by atoms with Crippen molar-refractivity contribution in [1.82, 2.24) is 9.97 Å². The Morgan fingerprint density at radius 3 is 2.67 bits per heavy atom. The summed E-state index contributed by atoms with van der Waals surface area (Å²) in [7, 11) is -3.73. The number of benzene rings is 2. The number of para-hydroxylation sites is 1. The van der Waals surface area contributed by atoms with Gasteiger partial charge in [0, 0.05) is 5.39 Å². The minimum atomic E-state index is -3.73. The maximum Gasteiger partial charge on any atom is 0.238 e. The Bertz CT molecular complexity index is 968. The number of hydrogen-bond acceptors (Lipinski definition) is 5. The van der Waals surface area contributed by atoms with Gasteiger partial charge in [0.1, 0.15) is 12.1 Å². The average molecular weight is 342 g/mol. The van der Waals surface area contributed by atoms with Crippen molar-refractivity contribution in [2.45, 2.75) is 24.3 Å². The van der Waals surface area contributed by atoms with E-state index >= 15 is 0 Å². The molecule has 6 nitrogen and oxygen atoms in total. The van der Waals surface area contributed by atoms with E-state index in [1.54, 1.807) is 12.1 Å². The highest BCUT2D eigenvalue weighted by molar-refractivity contribution is 7.89. The summed E-state index contributed by atoms with van der Waals surface area (Å²) >= 11 is 0. The molecule has 0 amide bonds. The summed E-state index contributed by atoms with van der Waals surface area (Å²) in [5, 5.41) is 9.52. The molecule has 0 fully saturated rings. The van der Waals surface area contributed by atoms with Crippen LogP contribution < -0.4 is 10.5 Å². The van der Waals surface area contributed by atoms with Gasteiger partial charge < -0.3 is 5.32 Å². The molecule has 0 aliphatic rings. The van der Waals surface area contributed by atoms with Crippen molar-refractivity contribution >= 4 is 26.7 Å². The van der Waals surface area contributed by atoms with Crippen molar-refractivity contribution in [1.29, 1.82) is 0 Å². The minimum absolute atomic E-state index is 0.0926. The van der Waals surface area contributed by atoms with E-state index < -0.39 is 10.0 Å². The molecule has 1 heterocycles. The molecule has 1 unspecified atom stereocenters. The van der Waals surface area contributed by atoms with Crippen molar-refractivity contribution in [2.24, 2.45) is 5.14 Å². The first-order chi connectivity index (χ1) is 11.5. The predicted octanol–water partition coefficient (Wildman–Crippen LogP) is 2.84. The van der Waals surface area contributed by atoms with Crippen LogP contribution >= 0.6 is 0 Å². The van der Waals surface area contributed by atoms with E-state index in [4.69, 9.17) is 5.14 Å². The zero-order valence-corrected chi connectivity index (χ0v) is 14.0. The Hall–Kier alpha value is -2.51. The molecular formula is C17H18N4O2S. The fourth-order valence-corrected chi connectivity index (χ4v) is 3.18. The summed E-state index contributed by atoms with van der Waals surface area (Å²) in [4.78, 5) is 8.68. The molecule has 0 aliphatic carbocycles. The van der Waals surface area contributed by atoms with Gasteiger partial charge in [0.15, 0.2) is 0 Å². The summed E-state index contributed by atoms with van der Waals surface area (Å²) < 4.78 is 23.1. The van der Waals surface area contributed by atoms with Crippen LogP contribution in [0.1, 0.15) is 24.9 Å². The molecular weight excluding hydrogens is 324 g/mol. The first-order valence-electron chi connectivity index (χ1n) is 7.58. The van der Waals surface area contributed by atoms with Crippen molar-refractivity contribution in [2.75, 3.05) is 5.32 Å². The SMILES string of the molecule is CCC(Nc1ncnc2ccccc12)c1cccc(S(N)(=O)=O)c1. The Kier molecular flexibility index (Phi) is 4.46. The third kappa shape index (κ3) is 3.37. The number of aromatic nitrogens is 2. The Morgan fingerprint density at radius 1 is 1.12 bits per heavy atom. The lowest BCUT2D eigenvalue weighted by Crippen LogP contribution is -2.15. The van der Waals surface area contributed by atoms with E-state index in [1.807, 2.05) is 37.3 Å². The molecule has 3 N–H and O–H groups in total. The van der Waals surface area contributed by atoms with Gasteiger partial charge in [-0.15, -0.1) is 0 Å². The fraction of sp³-hybridized carbons (Fsp3) is 0.176. The van der Waals surface area contributed by atoms with Crippen molar-refractivity contribution in [3.8, 4) is 0 Å². The lowest BCUT2D eigenvalue weighted by Gasteiger charge is -2.19. The number of rotatable bonds is 5. The van der Waals surface area contributed by atoms with Gasteiger partial charge in [-0.3, -0.25) is 0 Å². The Labute approximate surface area is 140 Å². The number of nitrogens with two attached hydrogens (primary N) is 1. The molecule has 2 aromatic carbocycles. The van der Waals surface area contributed by atoms with E-state index in [0.29, 0.717) is 5.82 Å². The molecule has 1 aromatic heterocycles. The molecule has 3 aromatic rings. The monoisotopic (exact) mass is 342 g/mol. The highest BCUT2D eigenvalue weighted by Crippen LogP contribution is 2.27. The normalized spacial score (nSPS) is 12.9. The second-order valence-corrected chi connectivity index (χ2v) is 7.02. The number of primary sulfonamides is 1. The van der Waals surface area contributed by atoms with Gasteiger partial charge in [0.25, 0.3) is 0 Å². The van der Waals surface area contributed by atoms with Crippen molar-refractivity contribution in [3.63, 3.8) is 0 Å². The zero-order chi connectivity index (χ0) is 17.2. The second kappa shape index (κ2) is 6.54. The second-order valence-electron chi connectivity index (χ2n) is 5.46. The largest absolute Gasteiger partial charge is 0.363 e. The third-order valence-electron chi connectivity index (χ3n) is 3.85. The van der Waals surface area contributed by atoms with Crippen molar-refractivity contribution in [3.05, 3.63) is 60.4 Å². The molecule has 124 valence electrons. The van der Waals surface area contributed by atoms with Crippen LogP contribution in [-0.4, -0.2) is 18.4 Å². The number of fused-ring (bicyclic) bond motifs is 1. The van der Waals surface area contributed by atoms with Crippen LogP contribution in [0.5, 0.6) is 0 Å². The van der Waals surface area contributed by atoms with Crippen LogP contribution in [0.2, 0.25) is 0 Å². The standard InChI is InChI=1S/C17H18N4O2S/c1-2-15(12-6-5-7-13(10-12)24(18,22)23)21-17-14-8-3-4-9-16(14)19-11-20-17/h3-11,15H,2H2,1H3,(H2,18,22,23)(H,19,20,21). The van der Waals surface area contributed by atoms with Gasteiger partial charge in [-0.1, -0.05) is 31.2 Å². The molecule has 3 rings (SSSR count). The van der Waals surface area contributed by atoms with Crippen LogP contribution in [-0.2, 0) is 10.0 Å². The minimum Gasteiger partial charge on any atom is -0.363 e. The van der Waals surface area contributed by atoms with E-state index in [2.05, 4.69) is 15.3 Å². The number of nitrogens with one attached hydrogen (secondary N) is 1. The lowest BCUT2D eigenvalue weighted by molar-refractivity contribution is 0.597. The maximum absolute atomic E-state index is 11.6. The summed E-state index contributed by atoms with van der Waals surface area (Å²) in [6.45, 7) is 2.02. The van der Waals surface area contributed by atoms with Gasteiger partial charge in [-0.25, -0.2) is 23.5 Å². The van der Waals surface area contributed by atoms with Gasteiger partial charge >= 0.3 is 0 Å². The molecule has 0 radical (unpaired) electrons. The molecule has 24 heavy (non-hydrogen) atoms. The molecule has 0 saturated carbocycles. The summed E-state index contributed by atoms with van der Waals surface area (Å²) in [5.41, 5.74) is 1.69. The zero-order valence-electron chi connectivity index (χ0n) is 13.2. The third-order valence-corrected chi connectivity index (χ3v) is 4.76.